The molecule has 1 aliphatic heterocycles. The molecule has 1 saturated heterocycles. The third-order valence-corrected chi connectivity index (χ3v) is 5.00. The van der Waals surface area contributed by atoms with Gasteiger partial charge in [-0.2, -0.15) is 0 Å². The highest BCUT2D eigenvalue weighted by atomic mass is 16.6. The number of hydrogen-bond donors (Lipinski definition) is 1. The molecule has 1 fully saturated rings. The fourth-order valence-electron chi connectivity index (χ4n) is 3.44. The van der Waals surface area contributed by atoms with E-state index in [9.17, 15) is 14.4 Å². The number of ketones is 1. The summed E-state index contributed by atoms with van der Waals surface area (Å²) in [7, 11) is 0. The molecule has 1 amide bonds. The molecular formula is C22H28N2O5. The number of carbonyl (C=O) groups excluding carboxylic acids is 3. The molecule has 0 bridgehead atoms. The van der Waals surface area contributed by atoms with E-state index in [1.807, 2.05) is 45.0 Å². The van der Waals surface area contributed by atoms with Crippen LogP contribution in [0.4, 0.5) is 4.79 Å². The van der Waals surface area contributed by atoms with Gasteiger partial charge in [0.1, 0.15) is 5.60 Å². The topological polar surface area (TPSA) is 88.7 Å². The highest BCUT2D eigenvalue weighted by molar-refractivity contribution is 6.10. The van der Waals surface area contributed by atoms with Crippen LogP contribution in [0.25, 0.3) is 10.9 Å². The van der Waals surface area contributed by atoms with Crippen molar-refractivity contribution in [3.05, 3.63) is 36.0 Å². The average Bonchev–Trinajstić information content (AvgIpc) is 3.10. The molecule has 1 aromatic carbocycles. The van der Waals surface area contributed by atoms with Crippen LogP contribution in [0.1, 0.15) is 50.9 Å². The van der Waals surface area contributed by atoms with Crippen molar-refractivity contribution in [2.24, 2.45) is 5.92 Å². The summed E-state index contributed by atoms with van der Waals surface area (Å²) in [5, 5.41) is 0.811. The number of aromatic nitrogens is 1. The minimum Gasteiger partial charge on any atom is -0.454 e. The number of ether oxygens (including phenoxy) is 2. The number of likely N-dealkylation sites (tertiary alicyclic amines) is 1. The van der Waals surface area contributed by atoms with E-state index in [2.05, 4.69) is 4.98 Å². The molecule has 7 heteroatoms. The lowest BCUT2D eigenvalue weighted by Gasteiger charge is -2.32. The molecular weight excluding hydrogens is 372 g/mol. The number of H-pyrrole nitrogens is 1. The number of benzene rings is 1. The number of nitrogens with zero attached hydrogens (tertiary/aromatic N) is 1. The second kappa shape index (κ2) is 8.27. The van der Waals surface area contributed by atoms with Crippen molar-refractivity contribution < 1.29 is 23.9 Å². The van der Waals surface area contributed by atoms with Crippen LogP contribution in [0.2, 0.25) is 0 Å². The van der Waals surface area contributed by atoms with E-state index in [4.69, 9.17) is 9.47 Å². The molecule has 0 saturated carbocycles. The van der Waals surface area contributed by atoms with Crippen LogP contribution in [0.3, 0.4) is 0 Å². The lowest BCUT2D eigenvalue weighted by Crippen LogP contribution is -2.43. The highest BCUT2D eigenvalue weighted by Gasteiger charge is 2.32. The number of carbonyl (C=O) groups is 3. The van der Waals surface area contributed by atoms with E-state index in [-0.39, 0.29) is 17.8 Å². The van der Waals surface area contributed by atoms with Crippen molar-refractivity contribution >= 4 is 28.7 Å². The lowest BCUT2D eigenvalue weighted by atomic mass is 9.97. The Bertz CT molecular complexity index is 903. The fourth-order valence-corrected chi connectivity index (χ4v) is 3.44. The molecule has 7 nitrogen and oxygen atoms in total. The van der Waals surface area contributed by atoms with Crippen molar-refractivity contribution in [3.8, 4) is 0 Å². The maximum absolute atomic E-state index is 12.7. The average molecular weight is 400 g/mol. The molecule has 0 radical (unpaired) electrons. The summed E-state index contributed by atoms with van der Waals surface area (Å²) in [5.74, 6) is -0.955. The second-order valence-electron chi connectivity index (χ2n) is 8.43. The van der Waals surface area contributed by atoms with E-state index in [1.165, 1.54) is 0 Å². The first-order valence-electron chi connectivity index (χ1n) is 9.94. The van der Waals surface area contributed by atoms with E-state index in [0.29, 0.717) is 31.5 Å². The largest absolute Gasteiger partial charge is 0.454 e. The van der Waals surface area contributed by atoms with Gasteiger partial charge in [-0.25, -0.2) is 4.79 Å². The molecule has 1 N–H and O–H groups in total. The quantitative estimate of drug-likeness (QED) is 0.620. The summed E-state index contributed by atoms with van der Waals surface area (Å²) < 4.78 is 10.8. The Kier molecular flexibility index (Phi) is 5.96. The van der Waals surface area contributed by atoms with Crippen molar-refractivity contribution in [1.82, 2.24) is 9.88 Å². The number of esters is 1. The van der Waals surface area contributed by atoms with Crippen molar-refractivity contribution in [2.45, 2.75) is 52.2 Å². The number of nitrogens with one attached hydrogen (secondary N) is 1. The SMILES string of the molecule is CC(OC(=O)C1CCN(C(=O)OC(C)(C)C)CC1)C(=O)c1c[nH]c2ccccc12. The monoisotopic (exact) mass is 400 g/mol. The zero-order valence-electron chi connectivity index (χ0n) is 17.4. The Morgan fingerprint density at radius 1 is 1.14 bits per heavy atom. The van der Waals surface area contributed by atoms with Gasteiger partial charge in [-0.3, -0.25) is 9.59 Å². The van der Waals surface area contributed by atoms with Gasteiger partial charge in [0.25, 0.3) is 0 Å². The smallest absolute Gasteiger partial charge is 0.410 e. The molecule has 2 aromatic rings. The van der Waals surface area contributed by atoms with Crippen LogP contribution in [0.5, 0.6) is 0 Å². The Morgan fingerprint density at radius 3 is 2.45 bits per heavy atom. The Morgan fingerprint density at radius 2 is 1.79 bits per heavy atom. The number of Topliss-reactive ketones (excluding diaryl/α,β-unsaturated/α-hetero) is 1. The Balaban J connectivity index is 1.54. The Hall–Kier alpha value is -2.83. The molecule has 29 heavy (non-hydrogen) atoms. The van der Waals surface area contributed by atoms with Crippen LogP contribution < -0.4 is 0 Å². The summed E-state index contributed by atoms with van der Waals surface area (Å²) in [4.78, 5) is 42.1. The molecule has 1 aliphatic rings. The van der Waals surface area contributed by atoms with E-state index in [1.54, 1.807) is 18.0 Å². The van der Waals surface area contributed by atoms with Gasteiger partial charge in [0, 0.05) is 35.8 Å². The summed E-state index contributed by atoms with van der Waals surface area (Å²) in [6.45, 7) is 7.92. The number of fused-ring (bicyclic) bond motifs is 1. The predicted octanol–water partition coefficient (Wildman–Crippen LogP) is 3.93. The molecule has 1 atom stereocenters. The first-order chi connectivity index (χ1) is 13.7. The molecule has 0 spiro atoms. The maximum Gasteiger partial charge on any atom is 0.410 e. The second-order valence-corrected chi connectivity index (χ2v) is 8.43. The highest BCUT2D eigenvalue weighted by Crippen LogP contribution is 2.23. The van der Waals surface area contributed by atoms with Crippen LogP contribution in [-0.2, 0) is 14.3 Å². The number of aromatic amines is 1. The summed E-state index contributed by atoms with van der Waals surface area (Å²) >= 11 is 0. The van der Waals surface area contributed by atoms with Crippen LogP contribution >= 0.6 is 0 Å². The molecule has 1 unspecified atom stereocenters. The third kappa shape index (κ3) is 4.96. The zero-order valence-corrected chi connectivity index (χ0v) is 17.4. The summed E-state index contributed by atoms with van der Waals surface area (Å²) in [5.41, 5.74) is 0.829. The first-order valence-corrected chi connectivity index (χ1v) is 9.94. The lowest BCUT2D eigenvalue weighted by molar-refractivity contribution is -0.152. The Labute approximate surface area is 170 Å². The number of piperidine rings is 1. The van der Waals surface area contributed by atoms with Gasteiger partial charge in [-0.05, 0) is 46.6 Å². The maximum atomic E-state index is 12.7. The van der Waals surface area contributed by atoms with Crippen molar-refractivity contribution in [2.75, 3.05) is 13.1 Å². The first kappa shape index (κ1) is 20.9. The minimum absolute atomic E-state index is 0.234. The predicted molar refractivity (Wildman–Crippen MR) is 109 cm³/mol. The summed E-state index contributed by atoms with van der Waals surface area (Å²) in [6.07, 6.45) is 1.40. The van der Waals surface area contributed by atoms with Gasteiger partial charge in [-0.15, -0.1) is 0 Å². The van der Waals surface area contributed by atoms with Crippen LogP contribution in [0.15, 0.2) is 30.5 Å². The molecule has 1 aromatic heterocycles. The molecule has 3 rings (SSSR count). The van der Waals surface area contributed by atoms with Crippen LogP contribution in [-0.4, -0.2) is 52.5 Å². The van der Waals surface area contributed by atoms with Gasteiger partial charge < -0.3 is 19.4 Å². The van der Waals surface area contributed by atoms with E-state index in [0.717, 1.165) is 10.9 Å². The number of para-hydroxylation sites is 1. The molecule has 2 heterocycles. The number of hydrogen-bond acceptors (Lipinski definition) is 5. The molecule has 0 aliphatic carbocycles. The van der Waals surface area contributed by atoms with Crippen molar-refractivity contribution in [3.63, 3.8) is 0 Å². The van der Waals surface area contributed by atoms with Gasteiger partial charge in [0.05, 0.1) is 5.92 Å². The van der Waals surface area contributed by atoms with Gasteiger partial charge in [0.15, 0.2) is 6.10 Å². The van der Waals surface area contributed by atoms with Crippen LogP contribution in [0, 0.1) is 5.92 Å². The van der Waals surface area contributed by atoms with Gasteiger partial charge in [0.2, 0.25) is 5.78 Å². The minimum atomic E-state index is -0.870. The normalized spacial score (nSPS) is 16.5. The van der Waals surface area contributed by atoms with Gasteiger partial charge in [-0.1, -0.05) is 18.2 Å². The summed E-state index contributed by atoms with van der Waals surface area (Å²) in [6, 6.07) is 7.50. The van der Waals surface area contributed by atoms with E-state index >= 15 is 0 Å². The fraction of sp³-hybridized carbons (Fsp3) is 0.500. The third-order valence-electron chi connectivity index (χ3n) is 5.00. The number of amides is 1. The van der Waals surface area contributed by atoms with Crippen molar-refractivity contribution in [1.29, 1.82) is 0 Å². The standard InChI is InChI=1S/C22H28N2O5/c1-14(19(25)17-13-23-18-8-6-5-7-16(17)18)28-20(26)15-9-11-24(12-10-15)21(27)29-22(2,3)4/h5-8,13-15,23H,9-12H2,1-4H3. The van der Waals surface area contributed by atoms with Gasteiger partial charge >= 0.3 is 12.1 Å². The number of rotatable bonds is 4. The van der Waals surface area contributed by atoms with E-state index < -0.39 is 17.7 Å². The molecule has 156 valence electrons. The zero-order chi connectivity index (χ0) is 21.2.